The van der Waals surface area contributed by atoms with Gasteiger partial charge in [0, 0.05) is 0 Å². The highest BCUT2D eigenvalue weighted by Gasteiger charge is 2.29. The van der Waals surface area contributed by atoms with Crippen molar-refractivity contribution in [3.63, 3.8) is 0 Å². The van der Waals surface area contributed by atoms with Gasteiger partial charge in [-0.05, 0) is 18.3 Å². The van der Waals surface area contributed by atoms with Crippen LogP contribution in [0, 0.1) is 11.8 Å². The summed E-state index contributed by atoms with van der Waals surface area (Å²) < 4.78 is 0. The minimum atomic E-state index is -1.61. The minimum absolute atomic E-state index is 0.198. The van der Waals surface area contributed by atoms with Gasteiger partial charge in [0.15, 0.2) is 0 Å². The van der Waals surface area contributed by atoms with E-state index in [2.05, 4.69) is 10.6 Å². The van der Waals surface area contributed by atoms with Crippen molar-refractivity contribution in [2.45, 2.75) is 65.1 Å². The summed E-state index contributed by atoms with van der Waals surface area (Å²) in [5.41, 5.74) is 5.84. The molecule has 0 heterocycles. The van der Waals surface area contributed by atoms with E-state index in [4.69, 9.17) is 15.9 Å². The molecule has 29 heavy (non-hydrogen) atoms. The number of nitrogens with two attached hydrogens (primary N) is 1. The summed E-state index contributed by atoms with van der Waals surface area (Å²) >= 11 is 0. The van der Waals surface area contributed by atoms with Gasteiger partial charge in [-0.15, -0.1) is 0 Å². The monoisotopic (exact) mass is 416 g/mol. The van der Waals surface area contributed by atoms with E-state index >= 15 is 0 Å². The van der Waals surface area contributed by atoms with Gasteiger partial charge in [-0.2, -0.15) is 0 Å². The smallest absolute Gasteiger partial charge is 0.326 e. The number of amides is 3. The predicted molar refractivity (Wildman–Crippen MR) is 104 cm³/mol. The van der Waals surface area contributed by atoms with Crippen LogP contribution in [0.3, 0.4) is 0 Å². The van der Waals surface area contributed by atoms with Crippen molar-refractivity contribution >= 4 is 29.7 Å². The van der Waals surface area contributed by atoms with E-state index in [1.165, 1.54) is 0 Å². The lowest BCUT2D eigenvalue weighted by molar-refractivity contribution is -0.147. The maximum Gasteiger partial charge on any atom is 0.326 e. The number of rotatable bonds is 13. The van der Waals surface area contributed by atoms with Gasteiger partial charge in [0.2, 0.25) is 17.7 Å². The van der Waals surface area contributed by atoms with Crippen LogP contribution < -0.4 is 21.7 Å². The third-order valence-corrected chi connectivity index (χ3v) is 4.29. The first kappa shape index (κ1) is 26.3. The van der Waals surface area contributed by atoms with Gasteiger partial charge in [0.25, 0.3) is 0 Å². The summed E-state index contributed by atoms with van der Waals surface area (Å²) in [5.74, 6) is -4.90. The highest BCUT2D eigenvalue weighted by Crippen LogP contribution is 2.09. The quantitative estimate of drug-likeness (QED) is 0.221. The predicted octanol–water partition coefficient (Wildman–Crippen LogP) is -0.949. The van der Waals surface area contributed by atoms with Gasteiger partial charge < -0.3 is 31.9 Å². The second-order valence-electron chi connectivity index (χ2n) is 7.38. The number of nitrogens with one attached hydrogen (secondary N) is 3. The van der Waals surface area contributed by atoms with Crippen LogP contribution >= 0.6 is 0 Å². The fourth-order valence-corrected chi connectivity index (χ4v) is 2.47. The molecule has 3 amide bonds. The van der Waals surface area contributed by atoms with Crippen molar-refractivity contribution in [1.29, 1.82) is 0 Å². The third kappa shape index (κ3) is 10.4. The number of carboxylic acid groups (broad SMARTS) is 2. The SMILES string of the molecule is CCC(C)C(NC(=O)C(N)CC(C)C)C(=O)NCC(=O)NC(CC(=O)O)C(=O)O. The highest BCUT2D eigenvalue weighted by atomic mass is 16.4. The number of carbonyl (C=O) groups is 5. The molecule has 0 radical (unpaired) electrons. The molecule has 11 heteroatoms. The van der Waals surface area contributed by atoms with E-state index in [1.807, 2.05) is 26.1 Å². The zero-order valence-corrected chi connectivity index (χ0v) is 17.2. The summed E-state index contributed by atoms with van der Waals surface area (Å²) in [6, 6.07) is -3.31. The molecule has 0 fully saturated rings. The molecular formula is C18H32N4O7. The molecule has 0 spiro atoms. The van der Waals surface area contributed by atoms with Gasteiger partial charge >= 0.3 is 11.9 Å². The van der Waals surface area contributed by atoms with Crippen LogP contribution in [0.25, 0.3) is 0 Å². The Balaban J connectivity index is 4.90. The average molecular weight is 416 g/mol. The lowest BCUT2D eigenvalue weighted by Gasteiger charge is -2.25. The molecule has 0 aliphatic rings. The molecule has 0 aliphatic heterocycles. The molecule has 4 unspecified atom stereocenters. The zero-order chi connectivity index (χ0) is 22.7. The van der Waals surface area contributed by atoms with Gasteiger partial charge in [-0.1, -0.05) is 34.1 Å². The lowest BCUT2D eigenvalue weighted by Crippen LogP contribution is -2.55. The van der Waals surface area contributed by atoms with Crippen LogP contribution in [0.2, 0.25) is 0 Å². The first-order valence-corrected chi connectivity index (χ1v) is 9.46. The third-order valence-electron chi connectivity index (χ3n) is 4.29. The molecule has 11 nitrogen and oxygen atoms in total. The van der Waals surface area contributed by atoms with Crippen LogP contribution in [0.5, 0.6) is 0 Å². The van der Waals surface area contributed by atoms with Crippen molar-refractivity contribution in [3.05, 3.63) is 0 Å². The Bertz CT molecular complexity index is 609. The summed E-state index contributed by atoms with van der Waals surface area (Å²) in [6.45, 7) is 6.86. The average Bonchev–Trinajstić information content (AvgIpc) is 2.61. The standard InChI is InChI=1S/C18H32N4O7/c1-5-10(4)15(22-16(26)11(19)6-9(2)3)17(27)20-8-13(23)21-12(18(28)29)7-14(24)25/h9-12,15H,5-8,19H2,1-4H3,(H,20,27)(H,21,23)(H,22,26)(H,24,25)(H,28,29). The Kier molecular flexibility index (Phi) is 11.5. The Labute approximate surface area is 169 Å². The van der Waals surface area contributed by atoms with Crippen LogP contribution in [0.15, 0.2) is 0 Å². The number of hydrogen-bond donors (Lipinski definition) is 6. The van der Waals surface area contributed by atoms with Crippen molar-refractivity contribution in [2.75, 3.05) is 6.54 Å². The Hall–Kier alpha value is -2.69. The van der Waals surface area contributed by atoms with Crippen LogP contribution in [-0.2, 0) is 24.0 Å². The Morgan fingerprint density at radius 1 is 0.966 bits per heavy atom. The summed E-state index contributed by atoms with van der Waals surface area (Å²) in [6.07, 6.45) is 0.223. The molecule has 0 aliphatic carbocycles. The second-order valence-corrected chi connectivity index (χ2v) is 7.38. The molecule has 7 N–H and O–H groups in total. The zero-order valence-electron chi connectivity index (χ0n) is 17.2. The molecular weight excluding hydrogens is 384 g/mol. The van der Waals surface area contributed by atoms with Gasteiger partial charge in [-0.3, -0.25) is 19.2 Å². The normalized spacial score (nSPS) is 15.0. The fraction of sp³-hybridized carbons (Fsp3) is 0.722. The second kappa shape index (κ2) is 12.7. The van der Waals surface area contributed by atoms with E-state index < -0.39 is 60.8 Å². The molecule has 0 aromatic heterocycles. The molecule has 0 bridgehead atoms. The number of carbonyl (C=O) groups excluding carboxylic acids is 3. The Morgan fingerprint density at radius 3 is 2.00 bits per heavy atom. The molecule has 166 valence electrons. The number of aliphatic carboxylic acids is 2. The van der Waals surface area contributed by atoms with Gasteiger partial charge in [-0.25, -0.2) is 4.79 Å². The van der Waals surface area contributed by atoms with Gasteiger partial charge in [0.1, 0.15) is 12.1 Å². The van der Waals surface area contributed by atoms with Gasteiger partial charge in [0.05, 0.1) is 19.0 Å². The van der Waals surface area contributed by atoms with Crippen molar-refractivity contribution in [3.8, 4) is 0 Å². The van der Waals surface area contributed by atoms with Crippen molar-refractivity contribution in [2.24, 2.45) is 17.6 Å². The number of carboxylic acids is 2. The van der Waals surface area contributed by atoms with Crippen LogP contribution in [-0.4, -0.2) is 64.5 Å². The summed E-state index contributed by atoms with van der Waals surface area (Å²) in [5, 5.41) is 24.6. The molecule has 0 aromatic rings. The summed E-state index contributed by atoms with van der Waals surface area (Å²) in [4.78, 5) is 58.2. The molecule has 0 saturated carbocycles. The van der Waals surface area contributed by atoms with Crippen LogP contribution in [0.1, 0.15) is 47.0 Å². The molecule has 0 aromatic carbocycles. The van der Waals surface area contributed by atoms with E-state index in [0.717, 1.165) is 0 Å². The Morgan fingerprint density at radius 2 is 1.55 bits per heavy atom. The van der Waals surface area contributed by atoms with E-state index in [1.54, 1.807) is 6.92 Å². The lowest BCUT2D eigenvalue weighted by atomic mass is 9.97. The van der Waals surface area contributed by atoms with E-state index in [-0.39, 0.29) is 11.8 Å². The fourth-order valence-electron chi connectivity index (χ4n) is 2.47. The highest BCUT2D eigenvalue weighted by molar-refractivity contribution is 5.93. The number of hydrogen-bond acceptors (Lipinski definition) is 6. The molecule has 4 atom stereocenters. The van der Waals surface area contributed by atoms with Crippen molar-refractivity contribution < 1.29 is 34.2 Å². The maximum atomic E-state index is 12.5. The first-order valence-electron chi connectivity index (χ1n) is 9.46. The molecule has 0 rings (SSSR count). The van der Waals surface area contributed by atoms with Crippen LogP contribution in [0.4, 0.5) is 0 Å². The maximum absolute atomic E-state index is 12.5. The summed E-state index contributed by atoms with van der Waals surface area (Å²) in [7, 11) is 0. The van der Waals surface area contributed by atoms with Crippen molar-refractivity contribution in [1.82, 2.24) is 16.0 Å². The van der Waals surface area contributed by atoms with E-state index in [0.29, 0.717) is 12.8 Å². The molecule has 0 saturated heterocycles. The largest absolute Gasteiger partial charge is 0.481 e. The minimum Gasteiger partial charge on any atom is -0.481 e. The topological polar surface area (TPSA) is 188 Å². The first-order chi connectivity index (χ1) is 13.4. The van der Waals surface area contributed by atoms with E-state index in [9.17, 15) is 24.0 Å².